The number of nitrogens with zero attached hydrogens (tertiary/aromatic N) is 1. The van der Waals surface area contributed by atoms with Crippen LogP contribution >= 0.6 is 0 Å². The lowest BCUT2D eigenvalue weighted by molar-refractivity contribution is -0.128. The van der Waals surface area contributed by atoms with Crippen molar-refractivity contribution in [1.29, 1.82) is 0 Å². The van der Waals surface area contributed by atoms with Crippen molar-refractivity contribution in [3.8, 4) is 0 Å². The standard InChI is InChI=1S/C21H32N4O3/c1-4-13-22-21(28)25(14-5-2)15-9-12-19(24-17(3)26)20(27)23-16-18-10-7-6-8-11-18/h4,6-8,10-11,19H,1,5,9,12-16H2,2-3H3,(H,22,28)(H,23,27)(H,24,26)/t19-/m0/s1. The van der Waals surface area contributed by atoms with E-state index in [1.165, 1.54) is 6.92 Å². The summed E-state index contributed by atoms with van der Waals surface area (Å²) < 4.78 is 0. The van der Waals surface area contributed by atoms with Crippen LogP contribution in [0.4, 0.5) is 4.79 Å². The zero-order chi connectivity index (χ0) is 20.8. The SMILES string of the molecule is C=CCNC(=O)N(CCC)CCC[C@H](NC(C)=O)C(=O)NCc1ccccc1. The number of amides is 4. The molecule has 154 valence electrons. The molecule has 4 amide bonds. The van der Waals surface area contributed by atoms with Crippen LogP contribution in [-0.4, -0.2) is 48.4 Å². The van der Waals surface area contributed by atoms with Gasteiger partial charge < -0.3 is 20.9 Å². The Labute approximate surface area is 167 Å². The number of carbonyl (C=O) groups is 3. The normalized spacial score (nSPS) is 11.2. The number of hydrogen-bond acceptors (Lipinski definition) is 3. The summed E-state index contributed by atoms with van der Waals surface area (Å²) in [6.07, 6.45) is 3.53. The predicted molar refractivity (Wildman–Crippen MR) is 111 cm³/mol. The fourth-order valence-electron chi connectivity index (χ4n) is 2.76. The first-order valence-electron chi connectivity index (χ1n) is 9.70. The van der Waals surface area contributed by atoms with Crippen LogP contribution in [0.5, 0.6) is 0 Å². The molecule has 0 fully saturated rings. The molecule has 3 N–H and O–H groups in total. The molecular weight excluding hydrogens is 356 g/mol. The predicted octanol–water partition coefficient (Wildman–Crippen LogP) is 2.20. The average Bonchev–Trinajstić information content (AvgIpc) is 2.69. The molecule has 0 aliphatic carbocycles. The molecule has 0 bridgehead atoms. The highest BCUT2D eigenvalue weighted by Crippen LogP contribution is 2.04. The van der Waals surface area contributed by atoms with Crippen molar-refractivity contribution in [2.24, 2.45) is 0 Å². The van der Waals surface area contributed by atoms with Crippen LogP contribution in [0.1, 0.15) is 38.7 Å². The van der Waals surface area contributed by atoms with Crippen LogP contribution in [-0.2, 0) is 16.1 Å². The van der Waals surface area contributed by atoms with Gasteiger partial charge in [0.05, 0.1) is 0 Å². The number of rotatable bonds is 12. The van der Waals surface area contributed by atoms with Crippen LogP contribution in [0, 0.1) is 0 Å². The lowest BCUT2D eigenvalue weighted by Gasteiger charge is -2.24. The van der Waals surface area contributed by atoms with Gasteiger partial charge in [0.1, 0.15) is 6.04 Å². The Balaban J connectivity index is 2.56. The van der Waals surface area contributed by atoms with Crippen LogP contribution < -0.4 is 16.0 Å². The monoisotopic (exact) mass is 388 g/mol. The molecule has 0 saturated carbocycles. The summed E-state index contributed by atoms with van der Waals surface area (Å²) >= 11 is 0. The first kappa shape index (κ1) is 23.2. The van der Waals surface area contributed by atoms with E-state index in [-0.39, 0.29) is 17.8 Å². The summed E-state index contributed by atoms with van der Waals surface area (Å²) in [6, 6.07) is 8.82. The van der Waals surface area contributed by atoms with Crippen LogP contribution in [0.25, 0.3) is 0 Å². The third-order valence-corrected chi connectivity index (χ3v) is 4.10. The molecule has 1 rings (SSSR count). The van der Waals surface area contributed by atoms with Gasteiger partial charge in [-0.3, -0.25) is 9.59 Å². The molecule has 0 unspecified atom stereocenters. The van der Waals surface area contributed by atoms with Crippen LogP contribution in [0.2, 0.25) is 0 Å². The summed E-state index contributed by atoms with van der Waals surface area (Å²) in [6.45, 7) is 8.95. The lowest BCUT2D eigenvalue weighted by atomic mass is 10.1. The highest BCUT2D eigenvalue weighted by atomic mass is 16.2. The molecule has 0 aliphatic heterocycles. The first-order valence-corrected chi connectivity index (χ1v) is 9.70. The zero-order valence-electron chi connectivity index (χ0n) is 16.9. The van der Waals surface area contributed by atoms with Gasteiger partial charge in [-0.25, -0.2) is 4.79 Å². The molecule has 0 heterocycles. The third kappa shape index (κ3) is 9.21. The molecular formula is C21H32N4O3. The number of nitrogens with one attached hydrogen (secondary N) is 3. The van der Waals surface area contributed by atoms with Crippen molar-refractivity contribution in [3.63, 3.8) is 0 Å². The van der Waals surface area contributed by atoms with E-state index < -0.39 is 6.04 Å². The van der Waals surface area contributed by atoms with E-state index in [0.29, 0.717) is 39.0 Å². The van der Waals surface area contributed by atoms with E-state index >= 15 is 0 Å². The summed E-state index contributed by atoms with van der Waals surface area (Å²) in [4.78, 5) is 37.9. The Hall–Kier alpha value is -2.83. The highest BCUT2D eigenvalue weighted by molar-refractivity contribution is 5.86. The number of urea groups is 1. The van der Waals surface area contributed by atoms with Gasteiger partial charge in [0.25, 0.3) is 0 Å². The van der Waals surface area contributed by atoms with E-state index in [0.717, 1.165) is 12.0 Å². The summed E-state index contributed by atoms with van der Waals surface area (Å²) in [5.74, 6) is -0.480. The van der Waals surface area contributed by atoms with E-state index in [1.807, 2.05) is 37.3 Å². The highest BCUT2D eigenvalue weighted by Gasteiger charge is 2.20. The van der Waals surface area contributed by atoms with Gasteiger partial charge in [-0.05, 0) is 24.8 Å². The molecule has 1 aromatic carbocycles. The lowest BCUT2D eigenvalue weighted by Crippen LogP contribution is -2.46. The molecule has 0 saturated heterocycles. The van der Waals surface area contributed by atoms with E-state index in [1.54, 1.807) is 11.0 Å². The molecule has 1 atom stereocenters. The molecule has 7 nitrogen and oxygen atoms in total. The fraction of sp³-hybridized carbons (Fsp3) is 0.476. The quantitative estimate of drug-likeness (QED) is 0.480. The maximum Gasteiger partial charge on any atom is 0.317 e. The Bertz CT molecular complexity index is 634. The summed E-state index contributed by atoms with van der Waals surface area (Å²) in [5, 5.41) is 8.33. The molecule has 1 aromatic rings. The summed E-state index contributed by atoms with van der Waals surface area (Å²) in [7, 11) is 0. The second-order valence-corrected chi connectivity index (χ2v) is 6.56. The van der Waals surface area contributed by atoms with Crippen molar-refractivity contribution >= 4 is 17.8 Å². The number of carbonyl (C=O) groups excluding carboxylic acids is 3. The van der Waals surface area contributed by atoms with Gasteiger partial charge in [-0.2, -0.15) is 0 Å². The van der Waals surface area contributed by atoms with Crippen molar-refractivity contribution < 1.29 is 14.4 Å². The minimum Gasteiger partial charge on any atom is -0.350 e. The molecule has 0 radical (unpaired) electrons. The van der Waals surface area contributed by atoms with Gasteiger partial charge in [0, 0.05) is 33.1 Å². The molecule has 0 aliphatic rings. The zero-order valence-corrected chi connectivity index (χ0v) is 16.9. The smallest absolute Gasteiger partial charge is 0.317 e. The largest absolute Gasteiger partial charge is 0.350 e. The van der Waals surface area contributed by atoms with Gasteiger partial charge in [0.15, 0.2) is 0 Å². The van der Waals surface area contributed by atoms with Crippen molar-refractivity contribution in [2.75, 3.05) is 19.6 Å². The molecule has 0 aromatic heterocycles. The van der Waals surface area contributed by atoms with E-state index in [9.17, 15) is 14.4 Å². The Morgan fingerprint density at radius 3 is 2.46 bits per heavy atom. The van der Waals surface area contributed by atoms with Crippen LogP contribution in [0.3, 0.4) is 0 Å². The Kier molecular flexibility index (Phi) is 11.1. The maximum atomic E-state index is 12.5. The second-order valence-electron chi connectivity index (χ2n) is 6.56. The second kappa shape index (κ2) is 13.4. The third-order valence-electron chi connectivity index (χ3n) is 4.10. The minimum absolute atomic E-state index is 0.147. The van der Waals surface area contributed by atoms with Crippen molar-refractivity contribution in [1.82, 2.24) is 20.9 Å². The van der Waals surface area contributed by atoms with E-state index in [4.69, 9.17) is 0 Å². The average molecular weight is 389 g/mol. The molecule has 0 spiro atoms. The molecule has 7 heteroatoms. The first-order chi connectivity index (χ1) is 13.5. The number of benzene rings is 1. The Morgan fingerprint density at radius 1 is 1.14 bits per heavy atom. The van der Waals surface area contributed by atoms with Gasteiger partial charge in [0.2, 0.25) is 11.8 Å². The van der Waals surface area contributed by atoms with Crippen molar-refractivity contribution in [2.45, 2.75) is 45.7 Å². The molecule has 28 heavy (non-hydrogen) atoms. The van der Waals surface area contributed by atoms with Gasteiger partial charge in [-0.15, -0.1) is 6.58 Å². The summed E-state index contributed by atoms with van der Waals surface area (Å²) in [5.41, 5.74) is 0.991. The van der Waals surface area contributed by atoms with Crippen molar-refractivity contribution in [3.05, 3.63) is 48.6 Å². The fourth-order valence-corrected chi connectivity index (χ4v) is 2.76. The maximum absolute atomic E-state index is 12.5. The van der Waals surface area contributed by atoms with E-state index in [2.05, 4.69) is 22.5 Å². The Morgan fingerprint density at radius 2 is 1.86 bits per heavy atom. The topological polar surface area (TPSA) is 90.5 Å². The minimum atomic E-state index is -0.624. The van der Waals surface area contributed by atoms with Crippen LogP contribution in [0.15, 0.2) is 43.0 Å². The van der Waals surface area contributed by atoms with Gasteiger partial charge in [-0.1, -0.05) is 43.3 Å². The van der Waals surface area contributed by atoms with Gasteiger partial charge >= 0.3 is 6.03 Å². The number of hydrogen-bond donors (Lipinski definition) is 3.